The first kappa shape index (κ1) is 11.7. The maximum atomic E-state index is 5.89. The van der Waals surface area contributed by atoms with Gasteiger partial charge in [-0.1, -0.05) is 0 Å². The van der Waals surface area contributed by atoms with E-state index in [2.05, 4.69) is 9.47 Å². The molecule has 5 nitrogen and oxygen atoms in total. The van der Waals surface area contributed by atoms with Crippen molar-refractivity contribution in [2.24, 2.45) is 11.7 Å². The summed E-state index contributed by atoms with van der Waals surface area (Å²) in [5, 5.41) is 0. The Morgan fingerprint density at radius 3 is 2.67 bits per heavy atom. The Hall–Kier alpha value is 0.230. The van der Waals surface area contributed by atoms with Crippen LogP contribution in [0, 0.1) is 5.92 Å². The minimum atomic E-state index is -0.375. The largest absolute Gasteiger partial charge is 0.349 e. The molecule has 15 heavy (non-hydrogen) atoms. The van der Waals surface area contributed by atoms with Crippen molar-refractivity contribution in [3.05, 3.63) is 0 Å². The number of fused-ring (bicyclic) bond motifs is 1. The lowest BCUT2D eigenvalue weighted by Crippen LogP contribution is -2.53. The highest BCUT2D eigenvalue weighted by Crippen LogP contribution is 2.34. The first-order valence-electron chi connectivity index (χ1n) is 5.17. The van der Waals surface area contributed by atoms with Crippen molar-refractivity contribution in [1.29, 1.82) is 0 Å². The highest BCUT2D eigenvalue weighted by atomic mass is 31.0. The number of nitrogens with two attached hydrogens (primary N) is 1. The summed E-state index contributed by atoms with van der Waals surface area (Å²) in [6.45, 7) is 4.38. The normalized spacial score (nSPS) is 47.6. The minimum Gasteiger partial charge on any atom is -0.349 e. The summed E-state index contributed by atoms with van der Waals surface area (Å²) in [6, 6.07) is 0.0249. The van der Waals surface area contributed by atoms with E-state index >= 15 is 0 Å². The minimum absolute atomic E-state index is 0.0249. The summed E-state index contributed by atoms with van der Waals surface area (Å²) in [4.78, 5) is 0. The molecule has 0 aromatic rings. The van der Waals surface area contributed by atoms with E-state index in [1.165, 1.54) is 0 Å². The average molecular weight is 235 g/mol. The molecule has 2 aliphatic heterocycles. The van der Waals surface area contributed by atoms with Crippen LogP contribution in [0.2, 0.25) is 0 Å². The third-order valence-corrected chi connectivity index (χ3v) is 3.24. The first-order valence-corrected chi connectivity index (χ1v) is 5.64. The number of hydrogen-bond acceptors (Lipinski definition) is 5. The van der Waals surface area contributed by atoms with Gasteiger partial charge in [-0.3, -0.25) is 0 Å². The van der Waals surface area contributed by atoms with Crippen molar-refractivity contribution in [3.63, 3.8) is 0 Å². The van der Waals surface area contributed by atoms with Crippen molar-refractivity contribution in [2.45, 2.75) is 44.7 Å². The second-order valence-electron chi connectivity index (χ2n) is 4.13. The highest BCUT2D eigenvalue weighted by Gasteiger charge is 2.49. The number of ether oxygens (including phenoxy) is 3. The van der Waals surface area contributed by atoms with Crippen LogP contribution in [0.3, 0.4) is 0 Å². The van der Waals surface area contributed by atoms with Crippen LogP contribution in [0.15, 0.2) is 0 Å². The van der Waals surface area contributed by atoms with Crippen LogP contribution < -0.4 is 5.73 Å². The summed E-state index contributed by atoms with van der Waals surface area (Å²) < 4.78 is 22.0. The van der Waals surface area contributed by atoms with Crippen molar-refractivity contribution in [2.75, 3.05) is 6.61 Å². The van der Waals surface area contributed by atoms with Gasteiger partial charge in [0.05, 0.1) is 12.7 Å². The molecule has 0 saturated carbocycles. The Bertz CT molecular complexity index is 228. The van der Waals surface area contributed by atoms with Gasteiger partial charge in [-0.05, 0) is 13.8 Å². The number of hydrogen-bond donors (Lipinski definition) is 1. The van der Waals surface area contributed by atoms with Gasteiger partial charge in [0.25, 0.3) is 0 Å². The van der Waals surface area contributed by atoms with E-state index in [0.717, 1.165) is 0 Å². The molecule has 0 aliphatic carbocycles. The van der Waals surface area contributed by atoms with Gasteiger partial charge < -0.3 is 24.5 Å². The fourth-order valence-electron chi connectivity index (χ4n) is 2.16. The maximum Gasteiger partial charge on any atom is 0.189 e. The van der Waals surface area contributed by atoms with Gasteiger partial charge in [-0.2, -0.15) is 0 Å². The summed E-state index contributed by atoms with van der Waals surface area (Å²) in [5.74, 6) is 0.163. The van der Waals surface area contributed by atoms with E-state index in [1.807, 2.05) is 13.8 Å². The Labute approximate surface area is 91.9 Å². The van der Waals surface area contributed by atoms with Crippen LogP contribution in [0.25, 0.3) is 0 Å². The van der Waals surface area contributed by atoms with Crippen LogP contribution in [-0.4, -0.2) is 37.4 Å². The average Bonchev–Trinajstić information content (AvgIpc) is 2.56. The van der Waals surface area contributed by atoms with Crippen molar-refractivity contribution in [1.82, 2.24) is 0 Å². The Kier molecular flexibility index (Phi) is 3.60. The van der Waals surface area contributed by atoms with Crippen LogP contribution in [0.5, 0.6) is 0 Å². The summed E-state index contributed by atoms with van der Waals surface area (Å²) >= 11 is 0. The summed E-state index contributed by atoms with van der Waals surface area (Å²) in [7, 11) is 2.20. The van der Waals surface area contributed by atoms with E-state index in [4.69, 9.17) is 24.5 Å². The predicted molar refractivity (Wildman–Crippen MR) is 56.9 cm³/mol. The van der Waals surface area contributed by atoms with Crippen molar-refractivity contribution in [3.8, 4) is 0 Å². The first-order chi connectivity index (χ1) is 7.13. The molecule has 0 amide bonds. The van der Waals surface area contributed by atoms with Crippen molar-refractivity contribution >= 4 is 9.47 Å². The quantitative estimate of drug-likeness (QED) is 0.695. The third-order valence-electron chi connectivity index (χ3n) is 2.97. The Balaban J connectivity index is 2.11. The standard InChI is InChI=1S/C9H18NO4P/c1-4(10)6-3-11-9(14-15)8-7(6)12-5(2)13-8/h4-9H,3,10,15H2,1-2H3. The molecule has 7 unspecified atom stereocenters. The van der Waals surface area contributed by atoms with Crippen LogP contribution in [0.1, 0.15) is 13.8 Å². The molecular weight excluding hydrogens is 217 g/mol. The molecule has 2 rings (SSSR count). The van der Waals surface area contributed by atoms with Gasteiger partial charge in [-0.25, -0.2) is 0 Å². The lowest BCUT2D eigenvalue weighted by Gasteiger charge is -2.37. The molecule has 6 heteroatoms. The zero-order valence-corrected chi connectivity index (χ0v) is 10.1. The maximum absolute atomic E-state index is 5.89. The van der Waals surface area contributed by atoms with Gasteiger partial charge in [0.1, 0.15) is 6.10 Å². The van der Waals surface area contributed by atoms with Gasteiger partial charge in [0.2, 0.25) is 0 Å². The highest BCUT2D eigenvalue weighted by molar-refractivity contribution is 7.09. The van der Waals surface area contributed by atoms with Crippen molar-refractivity contribution < 1.29 is 18.7 Å². The molecule has 2 saturated heterocycles. The van der Waals surface area contributed by atoms with E-state index < -0.39 is 0 Å². The second kappa shape index (κ2) is 4.62. The monoisotopic (exact) mass is 235 g/mol. The lowest BCUT2D eigenvalue weighted by molar-refractivity contribution is -0.194. The Morgan fingerprint density at radius 1 is 1.40 bits per heavy atom. The molecule has 88 valence electrons. The summed E-state index contributed by atoms with van der Waals surface area (Å²) in [5.41, 5.74) is 5.89. The van der Waals surface area contributed by atoms with Crippen LogP contribution in [0.4, 0.5) is 0 Å². The zero-order chi connectivity index (χ0) is 11.0. The zero-order valence-electron chi connectivity index (χ0n) is 8.96. The smallest absolute Gasteiger partial charge is 0.189 e. The molecule has 0 spiro atoms. The molecule has 0 radical (unpaired) electrons. The Morgan fingerprint density at radius 2 is 2.07 bits per heavy atom. The van der Waals surface area contributed by atoms with Gasteiger partial charge in [0, 0.05) is 21.4 Å². The van der Waals surface area contributed by atoms with E-state index in [-0.39, 0.29) is 36.7 Å². The molecule has 0 aromatic carbocycles. The lowest BCUT2D eigenvalue weighted by atomic mass is 9.90. The SMILES string of the molecule is CC1OC2C(OP)OCC(C(C)N)C2O1. The van der Waals surface area contributed by atoms with Gasteiger partial charge in [-0.15, -0.1) is 0 Å². The fraction of sp³-hybridized carbons (Fsp3) is 1.00. The number of rotatable bonds is 2. The molecule has 0 bridgehead atoms. The summed E-state index contributed by atoms with van der Waals surface area (Å²) in [6.07, 6.45) is -0.799. The van der Waals surface area contributed by atoms with E-state index in [1.54, 1.807) is 0 Å². The fourth-order valence-corrected chi connectivity index (χ4v) is 2.39. The third kappa shape index (κ3) is 2.18. The molecule has 2 N–H and O–H groups in total. The molecule has 2 fully saturated rings. The molecule has 2 aliphatic rings. The molecule has 2 heterocycles. The van der Waals surface area contributed by atoms with Crippen LogP contribution in [-0.2, 0) is 18.7 Å². The predicted octanol–water partition coefficient (Wildman–Crippen LogP) is 0.243. The van der Waals surface area contributed by atoms with E-state index in [9.17, 15) is 0 Å². The molecule has 0 aromatic heterocycles. The second-order valence-corrected chi connectivity index (χ2v) is 4.40. The van der Waals surface area contributed by atoms with Gasteiger partial charge in [0.15, 0.2) is 12.6 Å². The van der Waals surface area contributed by atoms with Crippen LogP contribution >= 0.6 is 9.47 Å². The van der Waals surface area contributed by atoms with Gasteiger partial charge >= 0.3 is 0 Å². The van der Waals surface area contributed by atoms with E-state index in [0.29, 0.717) is 6.61 Å². The molecule has 7 atom stereocenters. The molecular formula is C9H18NO4P. The topological polar surface area (TPSA) is 62.9 Å².